The number of morpholine rings is 1. The lowest BCUT2D eigenvalue weighted by Gasteiger charge is -2.25. The Kier molecular flexibility index (Phi) is 3.92. The molecule has 3 aliphatic rings. The summed E-state index contributed by atoms with van der Waals surface area (Å²) in [4.78, 5) is 25.8. The van der Waals surface area contributed by atoms with E-state index in [2.05, 4.69) is 5.32 Å². The van der Waals surface area contributed by atoms with Crippen molar-refractivity contribution in [1.82, 2.24) is 9.88 Å². The first-order valence-corrected chi connectivity index (χ1v) is 9.29. The predicted molar refractivity (Wildman–Crippen MR) is 97.4 cm³/mol. The molecule has 3 fully saturated rings. The number of fused-ring (bicyclic) bond motifs is 2. The van der Waals surface area contributed by atoms with Gasteiger partial charge in [0.15, 0.2) is 0 Å². The number of anilines is 1. The van der Waals surface area contributed by atoms with Crippen LogP contribution in [0.25, 0.3) is 10.9 Å². The molecular formula is C19H19F2N3O4. The largest absolute Gasteiger partial charge is 0.477 e. The summed E-state index contributed by atoms with van der Waals surface area (Å²) in [5.41, 5.74) is -0.594. The molecule has 148 valence electrons. The van der Waals surface area contributed by atoms with Crippen molar-refractivity contribution in [2.45, 2.75) is 30.8 Å². The van der Waals surface area contributed by atoms with E-state index in [0.717, 1.165) is 12.6 Å². The number of alkyl halides is 1. The Morgan fingerprint density at radius 2 is 2.11 bits per heavy atom. The zero-order chi connectivity index (χ0) is 19.6. The number of carboxylic acids is 1. The Hall–Kier alpha value is -2.52. The van der Waals surface area contributed by atoms with Gasteiger partial charge >= 0.3 is 5.97 Å². The van der Waals surface area contributed by atoms with Crippen LogP contribution in [-0.2, 0) is 4.74 Å². The lowest BCUT2D eigenvalue weighted by atomic mass is 10.1. The second-order valence-electron chi connectivity index (χ2n) is 7.60. The SMILES string of the molecule is O=C(O)c1cn([C@@H]2C[C@@H]2F)c2cc(N3C[C@@H]4NCCO[C@H]4C3)c(F)cc2c1=O. The van der Waals surface area contributed by atoms with Crippen LogP contribution in [0, 0.1) is 5.82 Å². The summed E-state index contributed by atoms with van der Waals surface area (Å²) in [5, 5.41) is 12.6. The first kappa shape index (κ1) is 17.6. The van der Waals surface area contributed by atoms with E-state index in [-0.39, 0.29) is 24.0 Å². The normalized spacial score (nSPS) is 29.1. The average Bonchev–Trinajstić information content (AvgIpc) is 3.23. The highest BCUT2D eigenvalue weighted by Gasteiger charge is 2.41. The summed E-state index contributed by atoms with van der Waals surface area (Å²) < 4.78 is 35.9. The van der Waals surface area contributed by atoms with Gasteiger partial charge in [0.1, 0.15) is 17.6 Å². The maximum Gasteiger partial charge on any atom is 0.341 e. The van der Waals surface area contributed by atoms with Crippen molar-refractivity contribution in [3.8, 4) is 0 Å². The van der Waals surface area contributed by atoms with Gasteiger partial charge in [-0.3, -0.25) is 4.79 Å². The van der Waals surface area contributed by atoms with Crippen LogP contribution in [-0.4, -0.2) is 60.2 Å². The Morgan fingerprint density at radius 3 is 2.79 bits per heavy atom. The number of hydrogen-bond donors (Lipinski definition) is 2. The zero-order valence-electron chi connectivity index (χ0n) is 14.9. The number of aromatic nitrogens is 1. The van der Waals surface area contributed by atoms with Crippen LogP contribution in [0.2, 0.25) is 0 Å². The Labute approximate surface area is 158 Å². The third kappa shape index (κ3) is 2.68. The number of carbonyl (C=O) groups is 1. The average molecular weight is 391 g/mol. The van der Waals surface area contributed by atoms with Crippen molar-refractivity contribution < 1.29 is 23.4 Å². The highest BCUT2D eigenvalue weighted by Crippen LogP contribution is 2.41. The molecule has 1 saturated carbocycles. The zero-order valence-corrected chi connectivity index (χ0v) is 14.9. The molecule has 0 radical (unpaired) electrons. The van der Waals surface area contributed by atoms with Gasteiger partial charge in [-0.1, -0.05) is 0 Å². The van der Waals surface area contributed by atoms with Crippen LogP contribution in [0.15, 0.2) is 23.1 Å². The molecule has 2 aliphatic heterocycles. The maximum absolute atomic E-state index is 14.9. The lowest BCUT2D eigenvalue weighted by molar-refractivity contribution is 0.0212. The number of hydrogen-bond acceptors (Lipinski definition) is 5. The Bertz CT molecular complexity index is 1030. The van der Waals surface area contributed by atoms with Crippen molar-refractivity contribution in [2.75, 3.05) is 31.1 Å². The van der Waals surface area contributed by atoms with Crippen LogP contribution < -0.4 is 15.6 Å². The molecule has 4 atom stereocenters. The summed E-state index contributed by atoms with van der Waals surface area (Å²) in [6, 6.07) is 2.16. The van der Waals surface area contributed by atoms with E-state index in [0.29, 0.717) is 30.9 Å². The summed E-state index contributed by atoms with van der Waals surface area (Å²) in [5.74, 6) is -2.02. The minimum atomic E-state index is -1.41. The van der Waals surface area contributed by atoms with Gasteiger partial charge in [0.05, 0.1) is 36.0 Å². The van der Waals surface area contributed by atoms with Crippen LogP contribution >= 0.6 is 0 Å². The molecule has 5 rings (SSSR count). The van der Waals surface area contributed by atoms with Gasteiger partial charge < -0.3 is 24.6 Å². The fourth-order valence-electron chi connectivity index (χ4n) is 4.26. The lowest BCUT2D eigenvalue weighted by Crippen LogP contribution is -2.47. The Balaban J connectivity index is 1.64. The summed E-state index contributed by atoms with van der Waals surface area (Å²) in [6.07, 6.45) is 0.273. The number of halogens is 2. The highest BCUT2D eigenvalue weighted by molar-refractivity contribution is 5.93. The van der Waals surface area contributed by atoms with Gasteiger partial charge in [0.25, 0.3) is 0 Å². The van der Waals surface area contributed by atoms with E-state index in [4.69, 9.17) is 4.74 Å². The molecule has 28 heavy (non-hydrogen) atoms. The first-order valence-electron chi connectivity index (χ1n) is 9.29. The Morgan fingerprint density at radius 1 is 1.32 bits per heavy atom. The molecule has 0 unspecified atom stereocenters. The van der Waals surface area contributed by atoms with E-state index in [1.807, 2.05) is 4.90 Å². The molecule has 2 aromatic rings. The number of pyridine rings is 1. The maximum atomic E-state index is 14.9. The number of benzene rings is 1. The fourth-order valence-corrected chi connectivity index (χ4v) is 4.26. The van der Waals surface area contributed by atoms with Gasteiger partial charge in [-0.05, 0) is 12.1 Å². The predicted octanol–water partition coefficient (Wildman–Crippen LogP) is 1.30. The van der Waals surface area contributed by atoms with Crippen molar-refractivity contribution in [1.29, 1.82) is 0 Å². The second-order valence-corrected chi connectivity index (χ2v) is 7.60. The number of nitrogens with one attached hydrogen (secondary N) is 1. The van der Waals surface area contributed by atoms with Gasteiger partial charge in [0.2, 0.25) is 5.43 Å². The van der Waals surface area contributed by atoms with Crippen molar-refractivity contribution in [2.24, 2.45) is 0 Å². The molecular weight excluding hydrogens is 372 g/mol. The molecule has 1 aromatic heterocycles. The van der Waals surface area contributed by atoms with Crippen LogP contribution in [0.4, 0.5) is 14.5 Å². The molecule has 2 N–H and O–H groups in total. The molecule has 7 nitrogen and oxygen atoms in total. The van der Waals surface area contributed by atoms with E-state index < -0.39 is 35.0 Å². The van der Waals surface area contributed by atoms with Gasteiger partial charge in [-0.2, -0.15) is 0 Å². The van der Waals surface area contributed by atoms with Crippen LogP contribution in [0.1, 0.15) is 22.8 Å². The van der Waals surface area contributed by atoms with Crippen molar-refractivity contribution in [3.63, 3.8) is 0 Å². The minimum Gasteiger partial charge on any atom is -0.477 e. The van der Waals surface area contributed by atoms with Gasteiger partial charge in [0, 0.05) is 37.6 Å². The van der Waals surface area contributed by atoms with E-state index >= 15 is 0 Å². The molecule has 2 saturated heterocycles. The first-order chi connectivity index (χ1) is 13.4. The monoisotopic (exact) mass is 391 g/mol. The second kappa shape index (κ2) is 6.25. The highest BCUT2D eigenvalue weighted by atomic mass is 19.1. The molecule has 0 spiro atoms. The summed E-state index contributed by atoms with van der Waals surface area (Å²) >= 11 is 0. The van der Waals surface area contributed by atoms with E-state index in [1.54, 1.807) is 0 Å². The minimum absolute atomic E-state index is 0.0425. The number of aromatic carboxylic acids is 1. The molecule has 9 heteroatoms. The summed E-state index contributed by atoms with van der Waals surface area (Å²) in [7, 11) is 0. The quantitative estimate of drug-likeness (QED) is 0.821. The third-order valence-electron chi connectivity index (χ3n) is 5.82. The number of ether oxygens (including phenoxy) is 1. The smallest absolute Gasteiger partial charge is 0.341 e. The van der Waals surface area contributed by atoms with Crippen LogP contribution in [0.3, 0.4) is 0 Å². The molecule has 1 aliphatic carbocycles. The number of rotatable bonds is 3. The topological polar surface area (TPSA) is 83.8 Å². The standard InChI is InChI=1S/C19H19F2N3O4/c20-11-3-9-14(5-15(11)23-7-13-17(8-23)28-2-1-22-13)24(16-4-12(16)21)6-10(18(9)25)19(26)27/h3,5-6,12-13,16-17,22H,1-2,4,7-8H2,(H,26,27)/t12-,13-,16+,17-/m0/s1. The van der Waals surface area contributed by atoms with Crippen molar-refractivity contribution >= 4 is 22.6 Å². The number of carboxylic acid groups (broad SMARTS) is 1. The molecule has 0 amide bonds. The molecule has 3 heterocycles. The van der Waals surface area contributed by atoms with Gasteiger partial charge in [-0.25, -0.2) is 13.6 Å². The molecule has 1 aromatic carbocycles. The fraction of sp³-hybridized carbons (Fsp3) is 0.474. The third-order valence-corrected chi connectivity index (χ3v) is 5.82. The van der Waals surface area contributed by atoms with Crippen LogP contribution in [0.5, 0.6) is 0 Å². The summed E-state index contributed by atoms with van der Waals surface area (Å²) in [6.45, 7) is 2.41. The van der Waals surface area contributed by atoms with E-state index in [1.165, 1.54) is 16.8 Å². The van der Waals surface area contributed by atoms with Gasteiger partial charge in [-0.15, -0.1) is 0 Å². The van der Waals surface area contributed by atoms with Crippen molar-refractivity contribution in [3.05, 3.63) is 39.9 Å². The molecule has 0 bridgehead atoms. The van der Waals surface area contributed by atoms with E-state index in [9.17, 15) is 23.5 Å². The number of nitrogens with zero attached hydrogens (tertiary/aromatic N) is 2.